The molecule has 0 saturated carbocycles. The molecule has 0 aliphatic rings. The molecule has 0 aliphatic heterocycles. The maximum Gasteiger partial charge on any atom is 0.303 e. The number of aliphatic carboxylic acids is 1. The van der Waals surface area contributed by atoms with Gasteiger partial charge in [-0.25, -0.2) is 0 Å². The summed E-state index contributed by atoms with van der Waals surface area (Å²) < 4.78 is 0. The Kier molecular flexibility index (Phi) is 8.15. The van der Waals surface area contributed by atoms with E-state index in [4.69, 9.17) is 10.8 Å². The zero-order valence-electron chi connectivity index (χ0n) is 12.8. The maximum atomic E-state index is 11.7. The number of nitrogens with two attached hydrogens (primary N) is 1. The summed E-state index contributed by atoms with van der Waals surface area (Å²) in [6.07, 6.45) is 3.60. The van der Waals surface area contributed by atoms with Crippen LogP contribution in [0.2, 0.25) is 0 Å². The fourth-order valence-corrected chi connectivity index (χ4v) is 2.10. The van der Waals surface area contributed by atoms with Crippen LogP contribution in [-0.4, -0.2) is 29.6 Å². The van der Waals surface area contributed by atoms with Gasteiger partial charge in [-0.2, -0.15) is 0 Å². The van der Waals surface area contributed by atoms with Gasteiger partial charge < -0.3 is 16.2 Å². The highest BCUT2D eigenvalue weighted by atomic mass is 16.4. The van der Waals surface area contributed by atoms with Crippen LogP contribution in [0.5, 0.6) is 0 Å². The molecule has 5 heteroatoms. The van der Waals surface area contributed by atoms with Gasteiger partial charge in [-0.15, -0.1) is 6.58 Å². The number of carboxylic acids is 1. The van der Waals surface area contributed by atoms with Crippen LogP contribution in [0.4, 0.5) is 0 Å². The van der Waals surface area contributed by atoms with E-state index in [2.05, 4.69) is 32.7 Å². The minimum absolute atomic E-state index is 0.0173. The summed E-state index contributed by atoms with van der Waals surface area (Å²) in [5, 5.41) is 11.6. The van der Waals surface area contributed by atoms with E-state index in [1.807, 2.05) is 0 Å². The van der Waals surface area contributed by atoms with E-state index in [1.54, 1.807) is 6.08 Å². The normalized spacial score (nSPS) is 14.4. The largest absolute Gasteiger partial charge is 0.481 e. The van der Waals surface area contributed by atoms with Crippen LogP contribution >= 0.6 is 0 Å². The Balaban J connectivity index is 4.23. The van der Waals surface area contributed by atoms with Crippen LogP contribution in [-0.2, 0) is 9.59 Å². The molecule has 5 nitrogen and oxygen atoms in total. The smallest absolute Gasteiger partial charge is 0.303 e. The monoisotopic (exact) mass is 284 g/mol. The van der Waals surface area contributed by atoms with Crippen molar-refractivity contribution in [2.24, 2.45) is 17.1 Å². The van der Waals surface area contributed by atoms with Crippen molar-refractivity contribution in [1.82, 2.24) is 5.32 Å². The zero-order valence-corrected chi connectivity index (χ0v) is 12.8. The Hall–Kier alpha value is -1.36. The third-order valence-electron chi connectivity index (χ3n) is 3.48. The second-order valence-corrected chi connectivity index (χ2v) is 6.21. The molecule has 0 aromatic carbocycles. The van der Waals surface area contributed by atoms with Crippen molar-refractivity contribution in [2.75, 3.05) is 6.54 Å². The number of nitrogens with one attached hydrogen (secondary N) is 1. The number of hydrogen-bond acceptors (Lipinski definition) is 3. The van der Waals surface area contributed by atoms with Gasteiger partial charge in [0, 0.05) is 13.0 Å². The molecule has 0 fully saturated rings. The van der Waals surface area contributed by atoms with Gasteiger partial charge in [0.1, 0.15) is 0 Å². The Morgan fingerprint density at radius 1 is 1.35 bits per heavy atom. The van der Waals surface area contributed by atoms with Gasteiger partial charge in [-0.1, -0.05) is 26.8 Å². The van der Waals surface area contributed by atoms with Gasteiger partial charge in [0.25, 0.3) is 0 Å². The van der Waals surface area contributed by atoms with Crippen LogP contribution in [0.25, 0.3) is 0 Å². The van der Waals surface area contributed by atoms with Gasteiger partial charge in [-0.05, 0) is 30.6 Å². The van der Waals surface area contributed by atoms with E-state index in [1.165, 1.54) is 0 Å². The van der Waals surface area contributed by atoms with Crippen molar-refractivity contribution in [3.05, 3.63) is 12.7 Å². The highest BCUT2D eigenvalue weighted by molar-refractivity contribution is 5.81. The first-order valence-electron chi connectivity index (χ1n) is 7.04. The van der Waals surface area contributed by atoms with Crippen LogP contribution in [0.3, 0.4) is 0 Å². The Labute approximate surface area is 121 Å². The summed E-state index contributed by atoms with van der Waals surface area (Å²) in [6, 6.07) is -0.556. The average Bonchev–Trinajstić information content (AvgIpc) is 2.31. The molecule has 0 aliphatic carbocycles. The van der Waals surface area contributed by atoms with Gasteiger partial charge >= 0.3 is 5.97 Å². The Bertz CT molecular complexity index is 335. The summed E-state index contributed by atoms with van der Waals surface area (Å²) in [6.45, 7) is 10.3. The minimum Gasteiger partial charge on any atom is -0.481 e. The molecule has 0 heterocycles. The third kappa shape index (κ3) is 7.94. The van der Waals surface area contributed by atoms with Crippen LogP contribution < -0.4 is 11.1 Å². The second kappa shape index (κ2) is 8.74. The summed E-state index contributed by atoms with van der Waals surface area (Å²) >= 11 is 0. The Morgan fingerprint density at radius 3 is 2.40 bits per heavy atom. The van der Waals surface area contributed by atoms with E-state index in [-0.39, 0.29) is 23.7 Å². The zero-order chi connectivity index (χ0) is 15.8. The van der Waals surface area contributed by atoms with Crippen LogP contribution in [0.15, 0.2) is 12.7 Å². The van der Waals surface area contributed by atoms with E-state index >= 15 is 0 Å². The van der Waals surface area contributed by atoms with E-state index in [9.17, 15) is 9.59 Å². The minimum atomic E-state index is -0.781. The molecule has 0 aromatic rings. The van der Waals surface area contributed by atoms with Crippen molar-refractivity contribution in [2.45, 2.75) is 52.5 Å². The lowest BCUT2D eigenvalue weighted by atomic mass is 9.76. The quantitative estimate of drug-likeness (QED) is 0.564. The first-order chi connectivity index (χ1) is 9.18. The van der Waals surface area contributed by atoms with E-state index in [0.717, 1.165) is 6.42 Å². The predicted molar refractivity (Wildman–Crippen MR) is 80.2 cm³/mol. The Morgan fingerprint density at radius 2 is 1.95 bits per heavy atom. The van der Waals surface area contributed by atoms with Crippen molar-refractivity contribution >= 4 is 11.9 Å². The molecule has 0 radical (unpaired) electrons. The number of hydrogen-bond donors (Lipinski definition) is 3. The second-order valence-electron chi connectivity index (χ2n) is 6.21. The standard InChI is InChI=1S/C15H28N2O3/c1-5-6-12(16)14(20)17-10-9-11(15(2,3)4)7-8-13(18)19/h5,11-12H,1,6-10,16H2,2-4H3,(H,17,20)(H,18,19). The molecule has 0 rings (SSSR count). The van der Waals surface area contributed by atoms with Crippen molar-refractivity contribution in [3.8, 4) is 0 Å². The first kappa shape index (κ1) is 18.6. The molecule has 2 atom stereocenters. The maximum absolute atomic E-state index is 11.7. The van der Waals surface area contributed by atoms with Crippen LogP contribution in [0, 0.1) is 11.3 Å². The number of rotatable bonds is 9. The van der Waals surface area contributed by atoms with Crippen LogP contribution in [0.1, 0.15) is 46.5 Å². The topological polar surface area (TPSA) is 92.4 Å². The molecule has 20 heavy (non-hydrogen) atoms. The molecular formula is C15H28N2O3. The first-order valence-corrected chi connectivity index (χ1v) is 7.04. The molecule has 2 unspecified atom stereocenters. The van der Waals surface area contributed by atoms with Gasteiger partial charge in [0.15, 0.2) is 0 Å². The van der Waals surface area contributed by atoms with Gasteiger partial charge in [-0.3, -0.25) is 9.59 Å². The molecule has 116 valence electrons. The fourth-order valence-electron chi connectivity index (χ4n) is 2.10. The highest BCUT2D eigenvalue weighted by Crippen LogP contribution is 2.32. The van der Waals surface area contributed by atoms with Crippen molar-refractivity contribution < 1.29 is 14.7 Å². The number of carboxylic acid groups (broad SMARTS) is 1. The van der Waals surface area contributed by atoms with Gasteiger partial charge in [0.2, 0.25) is 5.91 Å². The third-order valence-corrected chi connectivity index (χ3v) is 3.48. The average molecular weight is 284 g/mol. The lowest BCUT2D eigenvalue weighted by molar-refractivity contribution is -0.137. The number of amides is 1. The summed E-state index contributed by atoms with van der Waals surface area (Å²) in [4.78, 5) is 22.3. The number of carbonyl (C=O) groups excluding carboxylic acids is 1. The molecule has 1 amide bonds. The highest BCUT2D eigenvalue weighted by Gasteiger charge is 2.25. The summed E-state index contributed by atoms with van der Waals surface area (Å²) in [5.74, 6) is -0.721. The molecule has 0 aromatic heterocycles. The molecule has 0 spiro atoms. The van der Waals surface area contributed by atoms with Gasteiger partial charge in [0.05, 0.1) is 6.04 Å². The summed E-state index contributed by atoms with van der Waals surface area (Å²) in [5.41, 5.74) is 5.69. The summed E-state index contributed by atoms with van der Waals surface area (Å²) in [7, 11) is 0. The lowest BCUT2D eigenvalue weighted by Crippen LogP contribution is -2.41. The molecular weight excluding hydrogens is 256 g/mol. The molecule has 0 bridgehead atoms. The van der Waals surface area contributed by atoms with Crippen molar-refractivity contribution in [1.29, 1.82) is 0 Å². The SMILES string of the molecule is C=CCC(N)C(=O)NCCC(CCC(=O)O)C(C)(C)C. The predicted octanol–water partition coefficient (Wildman–Crippen LogP) is 1.92. The van der Waals surface area contributed by atoms with E-state index in [0.29, 0.717) is 19.4 Å². The number of carbonyl (C=O) groups is 2. The fraction of sp³-hybridized carbons (Fsp3) is 0.733. The van der Waals surface area contributed by atoms with E-state index < -0.39 is 12.0 Å². The molecule has 4 N–H and O–H groups in total. The lowest BCUT2D eigenvalue weighted by Gasteiger charge is -2.30. The molecule has 0 saturated heterocycles. The van der Waals surface area contributed by atoms with Crippen molar-refractivity contribution in [3.63, 3.8) is 0 Å².